The Morgan fingerprint density at radius 3 is 1.65 bits per heavy atom. The molecule has 0 saturated carbocycles. The highest BCUT2D eigenvalue weighted by atomic mass is 16.5. The molecule has 234 valence electrons. The molecule has 0 aliphatic carbocycles. The van der Waals surface area contributed by atoms with Crippen molar-refractivity contribution in [2.45, 2.75) is 91.9 Å². The number of fused-ring (bicyclic) bond motifs is 3. The molecule has 43 heavy (non-hydrogen) atoms. The van der Waals surface area contributed by atoms with Crippen molar-refractivity contribution < 1.29 is 19.1 Å². The van der Waals surface area contributed by atoms with Gasteiger partial charge in [0, 0.05) is 65.7 Å². The van der Waals surface area contributed by atoms with Gasteiger partial charge in [0.15, 0.2) is 11.6 Å². The summed E-state index contributed by atoms with van der Waals surface area (Å²) < 4.78 is 14.4. The van der Waals surface area contributed by atoms with Crippen LogP contribution >= 0.6 is 0 Å². The number of benzene rings is 2. The zero-order valence-electron chi connectivity index (χ0n) is 26.9. The molecule has 2 aliphatic rings. The van der Waals surface area contributed by atoms with Gasteiger partial charge in [-0.05, 0) is 70.5 Å². The minimum Gasteiger partial charge on any atom is -0.375 e. The molecule has 2 aliphatic heterocycles. The van der Waals surface area contributed by atoms with Crippen LogP contribution in [0, 0.1) is 10.8 Å². The van der Waals surface area contributed by atoms with E-state index in [1.807, 2.05) is 52.0 Å². The lowest BCUT2D eigenvalue weighted by atomic mass is 9.78. The van der Waals surface area contributed by atoms with Crippen LogP contribution in [-0.4, -0.2) is 67.7 Å². The lowest BCUT2D eigenvalue weighted by Crippen LogP contribution is -2.49. The van der Waals surface area contributed by atoms with Crippen LogP contribution in [0.15, 0.2) is 36.4 Å². The first-order chi connectivity index (χ1) is 20.7. The number of ketones is 2. The molecule has 0 amide bonds. The Kier molecular flexibility index (Phi) is 10.1. The fourth-order valence-corrected chi connectivity index (χ4v) is 6.77. The third kappa shape index (κ3) is 6.60. The number of nitrogens with zero attached hydrogens (tertiary/aromatic N) is 1. The van der Waals surface area contributed by atoms with E-state index >= 15 is 0 Å². The van der Waals surface area contributed by atoms with Crippen LogP contribution in [0.4, 0.5) is 0 Å². The molecule has 0 bridgehead atoms. The van der Waals surface area contributed by atoms with Crippen LogP contribution in [0.25, 0.3) is 21.8 Å². The first kappa shape index (κ1) is 31.8. The molecule has 2 N–H and O–H groups in total. The maximum Gasteiger partial charge on any atom is 0.171 e. The summed E-state index contributed by atoms with van der Waals surface area (Å²) in [4.78, 5) is 27.9. The summed E-state index contributed by atoms with van der Waals surface area (Å²) in [6.45, 7) is 15.3. The van der Waals surface area contributed by atoms with Crippen LogP contribution in [0.1, 0.15) is 93.9 Å². The number of carbonyl (C=O) groups excluding carboxylic acids is 2. The lowest BCUT2D eigenvalue weighted by Gasteiger charge is -2.36. The van der Waals surface area contributed by atoms with Crippen molar-refractivity contribution in [1.82, 2.24) is 15.2 Å². The van der Waals surface area contributed by atoms with Crippen molar-refractivity contribution in [3.63, 3.8) is 0 Å². The Morgan fingerprint density at radius 1 is 0.744 bits per heavy atom. The smallest absolute Gasteiger partial charge is 0.171 e. The van der Waals surface area contributed by atoms with Crippen molar-refractivity contribution in [2.75, 3.05) is 39.4 Å². The fourth-order valence-electron chi connectivity index (χ4n) is 6.77. The highest BCUT2D eigenvalue weighted by molar-refractivity contribution is 6.14. The normalized spacial score (nSPS) is 20.1. The maximum absolute atomic E-state index is 13.9. The van der Waals surface area contributed by atoms with Crippen LogP contribution in [-0.2, 0) is 16.0 Å². The number of aryl methyl sites for hydroxylation is 1. The van der Waals surface area contributed by atoms with Crippen LogP contribution in [0.3, 0.4) is 0 Å². The standard InChI is InChI=1S/C36H51N3O4/c1-6-7-8-9-10-11-18-39-29-14-12-25(33(40)35(2,3)31-23-37-16-19-42-31)21-27(29)28-22-26(13-15-30(28)39)34(41)36(4,5)32-24-38-17-20-43-32/h12-15,21-22,31-32,37-38H,6-11,16-20,23-24H2,1-5H3. The zero-order valence-corrected chi connectivity index (χ0v) is 26.9. The topological polar surface area (TPSA) is 81.6 Å². The zero-order chi connectivity index (χ0) is 30.6. The summed E-state index contributed by atoms with van der Waals surface area (Å²) in [6, 6.07) is 12.2. The Bertz CT molecular complexity index is 1330. The SMILES string of the molecule is CCCCCCCCn1c2ccc(C(=O)C(C)(C)C3CNCCO3)cc2c2cc(C(=O)C(C)(C)C3CNCCO3)ccc21. The van der Waals surface area contributed by atoms with Crippen molar-refractivity contribution in [2.24, 2.45) is 10.8 Å². The summed E-state index contributed by atoms with van der Waals surface area (Å²) in [5.41, 5.74) is 2.25. The van der Waals surface area contributed by atoms with E-state index in [0.717, 1.165) is 47.9 Å². The molecule has 3 heterocycles. The molecule has 0 spiro atoms. The lowest BCUT2D eigenvalue weighted by molar-refractivity contribution is -0.0325. The molecule has 1 aromatic heterocycles. The summed E-state index contributed by atoms with van der Waals surface area (Å²) in [5, 5.41) is 8.78. The molecule has 2 fully saturated rings. The highest BCUT2D eigenvalue weighted by Gasteiger charge is 2.40. The molecule has 3 aromatic rings. The third-order valence-corrected chi connectivity index (χ3v) is 9.76. The van der Waals surface area contributed by atoms with Crippen molar-refractivity contribution in [3.05, 3.63) is 47.5 Å². The van der Waals surface area contributed by atoms with Crippen LogP contribution in [0.2, 0.25) is 0 Å². The van der Waals surface area contributed by atoms with Crippen molar-refractivity contribution in [3.8, 4) is 0 Å². The quantitative estimate of drug-likeness (QED) is 0.174. The summed E-state index contributed by atoms with van der Waals surface area (Å²) in [5.74, 6) is 0.158. The molecule has 2 saturated heterocycles. The highest BCUT2D eigenvalue weighted by Crippen LogP contribution is 2.36. The number of morpholine rings is 2. The van der Waals surface area contributed by atoms with Gasteiger partial charge in [0.25, 0.3) is 0 Å². The van der Waals surface area contributed by atoms with Crippen LogP contribution < -0.4 is 10.6 Å². The van der Waals surface area contributed by atoms with Gasteiger partial charge in [0.1, 0.15) is 0 Å². The van der Waals surface area contributed by atoms with Gasteiger partial charge in [0.2, 0.25) is 0 Å². The molecule has 2 atom stereocenters. The number of hydrogen-bond acceptors (Lipinski definition) is 6. The van der Waals surface area contributed by atoms with E-state index in [1.54, 1.807) is 0 Å². The molecule has 7 heteroatoms. The van der Waals surface area contributed by atoms with E-state index in [1.165, 1.54) is 32.1 Å². The molecule has 0 radical (unpaired) electrons. The van der Waals surface area contributed by atoms with E-state index in [0.29, 0.717) is 37.4 Å². The fraction of sp³-hybridized carbons (Fsp3) is 0.611. The molecule has 5 rings (SSSR count). The van der Waals surface area contributed by atoms with Gasteiger partial charge in [0.05, 0.1) is 36.3 Å². The van der Waals surface area contributed by atoms with Crippen molar-refractivity contribution >= 4 is 33.4 Å². The number of rotatable bonds is 13. The van der Waals surface area contributed by atoms with Gasteiger partial charge in [-0.1, -0.05) is 39.0 Å². The molecule has 2 aromatic carbocycles. The number of aromatic nitrogens is 1. The van der Waals surface area contributed by atoms with Gasteiger partial charge in [-0.15, -0.1) is 0 Å². The Hall–Kier alpha value is -2.58. The second-order valence-corrected chi connectivity index (χ2v) is 13.6. The number of carbonyl (C=O) groups is 2. The first-order valence-corrected chi connectivity index (χ1v) is 16.5. The molecular weight excluding hydrogens is 538 g/mol. The molecular formula is C36H51N3O4. The second-order valence-electron chi connectivity index (χ2n) is 13.6. The monoisotopic (exact) mass is 589 g/mol. The van der Waals surface area contributed by atoms with Gasteiger partial charge in [-0.3, -0.25) is 9.59 Å². The number of Topliss-reactive ketones (excluding diaryl/α,β-unsaturated/α-hetero) is 2. The minimum absolute atomic E-state index is 0.0789. The summed E-state index contributed by atoms with van der Waals surface area (Å²) >= 11 is 0. The van der Waals surface area contributed by atoms with E-state index in [2.05, 4.69) is 34.3 Å². The summed E-state index contributed by atoms with van der Waals surface area (Å²) in [6.07, 6.45) is 7.01. The van der Waals surface area contributed by atoms with Crippen molar-refractivity contribution in [1.29, 1.82) is 0 Å². The average Bonchev–Trinajstić information content (AvgIpc) is 3.34. The van der Waals surface area contributed by atoms with Gasteiger partial charge < -0.3 is 24.7 Å². The van der Waals surface area contributed by atoms with Gasteiger partial charge >= 0.3 is 0 Å². The van der Waals surface area contributed by atoms with E-state index in [9.17, 15) is 9.59 Å². The van der Waals surface area contributed by atoms with E-state index in [4.69, 9.17) is 9.47 Å². The molecule has 2 unspecified atom stereocenters. The number of nitrogens with one attached hydrogen (secondary N) is 2. The largest absolute Gasteiger partial charge is 0.375 e. The van der Waals surface area contributed by atoms with E-state index in [-0.39, 0.29) is 23.8 Å². The van der Waals surface area contributed by atoms with Gasteiger partial charge in [-0.25, -0.2) is 0 Å². The number of hydrogen-bond donors (Lipinski definition) is 2. The Morgan fingerprint density at radius 2 is 1.21 bits per heavy atom. The maximum atomic E-state index is 13.9. The summed E-state index contributed by atoms with van der Waals surface area (Å²) in [7, 11) is 0. The molecule has 7 nitrogen and oxygen atoms in total. The predicted molar refractivity (Wildman–Crippen MR) is 174 cm³/mol. The predicted octanol–water partition coefficient (Wildman–Crippen LogP) is 6.55. The first-order valence-electron chi connectivity index (χ1n) is 16.5. The second kappa shape index (κ2) is 13.6. The number of unbranched alkanes of at least 4 members (excludes halogenated alkanes) is 5. The minimum atomic E-state index is -0.670. The average molecular weight is 590 g/mol. The Balaban J connectivity index is 1.52. The number of ether oxygens (including phenoxy) is 2. The Labute approximate surface area is 257 Å². The van der Waals surface area contributed by atoms with E-state index < -0.39 is 10.8 Å². The third-order valence-electron chi connectivity index (χ3n) is 9.76. The van der Waals surface area contributed by atoms with Crippen LogP contribution in [0.5, 0.6) is 0 Å². The van der Waals surface area contributed by atoms with Gasteiger partial charge in [-0.2, -0.15) is 0 Å².